The molecule has 41 heavy (non-hydrogen) atoms. The van der Waals surface area contributed by atoms with E-state index >= 15 is 0 Å². The largest absolute Gasteiger partial charge is 0.309 e. The summed E-state index contributed by atoms with van der Waals surface area (Å²) in [6, 6.07) is 36.8. The van der Waals surface area contributed by atoms with E-state index in [1.165, 1.54) is 55.1 Å². The lowest BCUT2D eigenvalue weighted by atomic mass is 9.98. The van der Waals surface area contributed by atoms with Crippen LogP contribution in [0.4, 0.5) is 0 Å². The average Bonchev–Trinajstić information content (AvgIpc) is 3.71. The highest BCUT2D eigenvalue weighted by molar-refractivity contribution is 6.19. The second kappa shape index (κ2) is 7.55. The number of imidazole rings is 1. The minimum Gasteiger partial charge on any atom is -0.309 e. The molecule has 0 fully saturated rings. The van der Waals surface area contributed by atoms with E-state index in [2.05, 4.69) is 93.9 Å². The lowest BCUT2D eigenvalue weighted by molar-refractivity contribution is 1.18. The Bertz CT molecular complexity index is 2550. The van der Waals surface area contributed by atoms with E-state index in [4.69, 9.17) is 15.0 Å². The van der Waals surface area contributed by atoms with Crippen molar-refractivity contribution in [3.8, 4) is 16.8 Å². The molecule has 1 aliphatic carbocycles. The summed E-state index contributed by atoms with van der Waals surface area (Å²) in [4.78, 5) is 14.8. The van der Waals surface area contributed by atoms with Gasteiger partial charge in [0.2, 0.25) is 0 Å². The maximum atomic E-state index is 5.16. The van der Waals surface area contributed by atoms with Crippen LogP contribution in [0.15, 0.2) is 116 Å². The molecule has 0 spiro atoms. The zero-order valence-corrected chi connectivity index (χ0v) is 21.9. The third kappa shape index (κ3) is 2.63. The molecule has 0 bridgehead atoms. The van der Waals surface area contributed by atoms with E-state index in [0.29, 0.717) is 0 Å². The summed E-state index contributed by atoms with van der Waals surface area (Å²) in [5, 5.41) is 4.84. The predicted molar refractivity (Wildman–Crippen MR) is 166 cm³/mol. The topological polar surface area (TPSA) is 48.0 Å². The van der Waals surface area contributed by atoms with Crippen molar-refractivity contribution in [3.63, 3.8) is 0 Å². The number of aromatic nitrogens is 5. The summed E-state index contributed by atoms with van der Waals surface area (Å²) in [7, 11) is 0. The maximum Gasteiger partial charge on any atom is 0.165 e. The van der Waals surface area contributed by atoms with Crippen molar-refractivity contribution >= 4 is 60.4 Å². The molecule has 0 saturated heterocycles. The number of pyridine rings is 3. The van der Waals surface area contributed by atoms with Gasteiger partial charge in [0, 0.05) is 45.2 Å². The lowest BCUT2D eigenvalue weighted by Crippen LogP contribution is -1.97. The minimum absolute atomic E-state index is 0.846. The van der Waals surface area contributed by atoms with Gasteiger partial charge in [-0.1, -0.05) is 60.7 Å². The summed E-state index contributed by atoms with van der Waals surface area (Å²) in [6.45, 7) is 0. The molecule has 4 aromatic carbocycles. The highest BCUT2D eigenvalue weighted by atomic mass is 15.1. The van der Waals surface area contributed by atoms with Crippen LogP contribution in [0, 0.1) is 0 Å². The molecular formula is C36H21N5. The van der Waals surface area contributed by atoms with Gasteiger partial charge in [0.25, 0.3) is 0 Å². The van der Waals surface area contributed by atoms with Crippen molar-refractivity contribution < 1.29 is 0 Å². The fourth-order valence-electron chi connectivity index (χ4n) is 7.19. The smallest absolute Gasteiger partial charge is 0.165 e. The van der Waals surface area contributed by atoms with Gasteiger partial charge < -0.3 is 4.57 Å². The van der Waals surface area contributed by atoms with E-state index in [1.807, 2.05) is 30.6 Å². The molecule has 0 N–H and O–H groups in total. The van der Waals surface area contributed by atoms with Crippen molar-refractivity contribution in [2.75, 3.05) is 0 Å². The minimum atomic E-state index is 0.846. The second-order valence-electron chi connectivity index (χ2n) is 10.9. The van der Waals surface area contributed by atoms with Crippen LogP contribution in [0.25, 0.3) is 77.2 Å². The fraction of sp³-hybridized carbons (Fsp3) is 0.0278. The van der Waals surface area contributed by atoms with Crippen LogP contribution in [0.2, 0.25) is 0 Å². The third-order valence-corrected chi connectivity index (χ3v) is 8.81. The van der Waals surface area contributed by atoms with Gasteiger partial charge in [-0.15, -0.1) is 0 Å². The Balaban J connectivity index is 1.40. The Morgan fingerprint density at radius 3 is 2.37 bits per heavy atom. The molecule has 1 aliphatic rings. The standard InChI is InChI=1S/C36H21N5/c1-2-8-22(9-3-1)40-29-12-5-4-10-23(29)25-15-14-21-20-27-24(31(21)34(25)40)16-17-26-32(27)36-39-28-11-6-19-38-35(28)41(36)30-13-7-18-37-33(26)30/h1-19H,20H2. The van der Waals surface area contributed by atoms with Crippen LogP contribution in [0.1, 0.15) is 11.1 Å². The van der Waals surface area contributed by atoms with Crippen molar-refractivity contribution in [2.45, 2.75) is 6.42 Å². The summed E-state index contributed by atoms with van der Waals surface area (Å²) in [5.41, 5.74) is 13.6. The van der Waals surface area contributed by atoms with Gasteiger partial charge in [-0.2, -0.15) is 0 Å². The number of hydrogen-bond acceptors (Lipinski definition) is 3. The van der Waals surface area contributed by atoms with Crippen molar-refractivity contribution in [3.05, 3.63) is 127 Å². The maximum absolute atomic E-state index is 5.16. The van der Waals surface area contributed by atoms with Crippen molar-refractivity contribution in [1.82, 2.24) is 23.9 Å². The molecule has 0 saturated carbocycles. The Morgan fingerprint density at radius 1 is 0.610 bits per heavy atom. The summed E-state index contributed by atoms with van der Waals surface area (Å²) >= 11 is 0. The molecule has 5 heteroatoms. The SMILES string of the molecule is c1ccc(-n2c3ccccc3c3ccc4c(c32)-c2ccc3c5ncccc5n5c6ncccc6nc5c3c2C4)cc1. The van der Waals surface area contributed by atoms with E-state index in [0.717, 1.165) is 39.7 Å². The molecule has 0 atom stereocenters. The number of para-hydroxylation sites is 2. The summed E-state index contributed by atoms with van der Waals surface area (Å²) in [6.07, 6.45) is 4.57. The van der Waals surface area contributed by atoms with E-state index in [1.54, 1.807) is 0 Å². The molecule has 0 amide bonds. The van der Waals surface area contributed by atoms with E-state index in [-0.39, 0.29) is 0 Å². The van der Waals surface area contributed by atoms with Crippen LogP contribution in [-0.4, -0.2) is 23.9 Å². The van der Waals surface area contributed by atoms with Gasteiger partial charge in [-0.25, -0.2) is 9.97 Å². The van der Waals surface area contributed by atoms with Gasteiger partial charge in [0.05, 0.1) is 22.1 Å². The van der Waals surface area contributed by atoms with Crippen molar-refractivity contribution in [2.24, 2.45) is 0 Å². The molecule has 10 rings (SSSR count). The molecule has 5 nitrogen and oxygen atoms in total. The zero-order valence-electron chi connectivity index (χ0n) is 21.9. The van der Waals surface area contributed by atoms with Crippen LogP contribution in [0.5, 0.6) is 0 Å². The molecule has 0 aliphatic heterocycles. The molecular weight excluding hydrogens is 502 g/mol. The van der Waals surface area contributed by atoms with Crippen molar-refractivity contribution in [1.29, 1.82) is 0 Å². The van der Waals surface area contributed by atoms with Crippen LogP contribution in [-0.2, 0) is 6.42 Å². The van der Waals surface area contributed by atoms with Crippen LogP contribution < -0.4 is 0 Å². The molecule has 5 heterocycles. The van der Waals surface area contributed by atoms with Gasteiger partial charge in [-0.3, -0.25) is 9.38 Å². The van der Waals surface area contributed by atoms with E-state index < -0.39 is 0 Å². The van der Waals surface area contributed by atoms with Crippen LogP contribution >= 0.6 is 0 Å². The molecule has 5 aromatic heterocycles. The van der Waals surface area contributed by atoms with Gasteiger partial charge in [0.15, 0.2) is 5.65 Å². The van der Waals surface area contributed by atoms with Gasteiger partial charge in [-0.05, 0) is 65.6 Å². The Hall–Kier alpha value is -5.55. The zero-order chi connectivity index (χ0) is 26.7. The number of hydrogen-bond donors (Lipinski definition) is 0. The number of benzene rings is 4. The summed E-state index contributed by atoms with van der Waals surface area (Å²) < 4.78 is 4.63. The predicted octanol–water partition coefficient (Wildman–Crippen LogP) is 8.25. The third-order valence-electron chi connectivity index (χ3n) is 8.81. The summed E-state index contributed by atoms with van der Waals surface area (Å²) in [5.74, 6) is 0. The number of fused-ring (bicyclic) bond motifs is 16. The highest BCUT2D eigenvalue weighted by Crippen LogP contribution is 2.48. The Kier molecular flexibility index (Phi) is 3.92. The normalized spacial score (nSPS) is 12.8. The number of rotatable bonds is 1. The average molecular weight is 524 g/mol. The second-order valence-corrected chi connectivity index (χ2v) is 10.9. The molecule has 9 aromatic rings. The number of nitrogens with zero attached hydrogens (tertiary/aromatic N) is 5. The molecule has 0 radical (unpaired) electrons. The Labute approximate surface area is 234 Å². The monoisotopic (exact) mass is 523 g/mol. The first-order chi connectivity index (χ1) is 20.4. The first-order valence-electron chi connectivity index (χ1n) is 13.9. The first-order valence-corrected chi connectivity index (χ1v) is 13.9. The Morgan fingerprint density at radius 2 is 1.41 bits per heavy atom. The van der Waals surface area contributed by atoms with E-state index in [9.17, 15) is 0 Å². The van der Waals surface area contributed by atoms with Crippen LogP contribution in [0.3, 0.4) is 0 Å². The van der Waals surface area contributed by atoms with Gasteiger partial charge in [0.1, 0.15) is 11.2 Å². The molecule has 0 unspecified atom stereocenters. The fourth-order valence-corrected chi connectivity index (χ4v) is 7.19. The quantitative estimate of drug-likeness (QED) is 0.204. The molecule has 190 valence electrons. The highest BCUT2D eigenvalue weighted by Gasteiger charge is 2.28. The lowest BCUT2D eigenvalue weighted by Gasteiger charge is -2.13. The van der Waals surface area contributed by atoms with Gasteiger partial charge >= 0.3 is 0 Å². The first kappa shape index (κ1) is 21.3.